The Labute approximate surface area is 98.1 Å². The van der Waals surface area contributed by atoms with Gasteiger partial charge in [0.2, 0.25) is 0 Å². The Morgan fingerprint density at radius 3 is 2.76 bits per heavy atom. The van der Waals surface area contributed by atoms with Gasteiger partial charge in [-0.3, -0.25) is 4.79 Å². The first-order chi connectivity index (χ1) is 8.09. The summed E-state index contributed by atoms with van der Waals surface area (Å²) in [5, 5.41) is 10.8. The van der Waals surface area contributed by atoms with Crippen LogP contribution in [0.2, 0.25) is 0 Å². The van der Waals surface area contributed by atoms with E-state index < -0.39 is 0 Å². The van der Waals surface area contributed by atoms with Gasteiger partial charge in [-0.25, -0.2) is 4.98 Å². The first kappa shape index (κ1) is 11.3. The number of aromatic nitrogens is 5. The lowest BCUT2D eigenvalue weighted by Gasteiger charge is -2.13. The average Bonchev–Trinajstić information content (AvgIpc) is 2.71. The van der Waals surface area contributed by atoms with E-state index in [1.54, 1.807) is 30.3 Å². The van der Waals surface area contributed by atoms with Crippen molar-refractivity contribution in [1.82, 2.24) is 24.3 Å². The van der Waals surface area contributed by atoms with Gasteiger partial charge >= 0.3 is 0 Å². The Morgan fingerprint density at radius 2 is 2.12 bits per heavy atom. The van der Waals surface area contributed by atoms with Crippen LogP contribution in [0, 0.1) is 0 Å². The monoisotopic (exact) mass is 234 g/mol. The summed E-state index contributed by atoms with van der Waals surface area (Å²) in [6.45, 7) is 1.90. The minimum absolute atomic E-state index is 0.134. The smallest absolute Gasteiger partial charge is 0.293 e. The molecule has 1 unspecified atom stereocenters. The van der Waals surface area contributed by atoms with Gasteiger partial charge in [-0.05, 0) is 6.92 Å². The second-order valence-corrected chi connectivity index (χ2v) is 3.86. The van der Waals surface area contributed by atoms with Gasteiger partial charge in [-0.1, -0.05) is 0 Å². The van der Waals surface area contributed by atoms with Gasteiger partial charge in [-0.15, -0.1) is 10.2 Å². The Balaban J connectivity index is 2.25. The first-order valence-electron chi connectivity index (χ1n) is 5.21. The summed E-state index contributed by atoms with van der Waals surface area (Å²) in [4.78, 5) is 15.8. The van der Waals surface area contributed by atoms with E-state index in [2.05, 4.69) is 20.5 Å². The van der Waals surface area contributed by atoms with Crippen LogP contribution in [0.3, 0.4) is 0 Å². The zero-order valence-corrected chi connectivity index (χ0v) is 9.95. The predicted molar refractivity (Wildman–Crippen MR) is 62.5 cm³/mol. The molecule has 17 heavy (non-hydrogen) atoms. The first-order valence-corrected chi connectivity index (χ1v) is 5.21. The summed E-state index contributed by atoms with van der Waals surface area (Å²) in [6.07, 6.45) is 4.80. The maximum atomic E-state index is 11.8. The number of anilines is 1. The van der Waals surface area contributed by atoms with Crippen LogP contribution in [0.4, 0.5) is 5.82 Å². The van der Waals surface area contributed by atoms with Crippen molar-refractivity contribution in [2.24, 2.45) is 14.1 Å². The normalized spacial score (nSPS) is 12.4. The number of hydrogen-bond donors (Lipinski definition) is 1. The summed E-state index contributed by atoms with van der Waals surface area (Å²) in [5.41, 5.74) is -0.165. The molecule has 0 aliphatic heterocycles. The number of nitrogens with one attached hydrogen (secondary N) is 1. The molecule has 0 saturated heterocycles. The Kier molecular flexibility index (Phi) is 2.90. The van der Waals surface area contributed by atoms with E-state index in [0.29, 0.717) is 5.82 Å². The molecule has 0 aliphatic rings. The largest absolute Gasteiger partial charge is 0.356 e. The van der Waals surface area contributed by atoms with Crippen molar-refractivity contribution in [1.29, 1.82) is 0 Å². The van der Waals surface area contributed by atoms with Crippen molar-refractivity contribution >= 4 is 5.82 Å². The molecule has 1 atom stereocenters. The van der Waals surface area contributed by atoms with Crippen LogP contribution >= 0.6 is 0 Å². The van der Waals surface area contributed by atoms with Gasteiger partial charge in [0.15, 0.2) is 11.6 Å². The van der Waals surface area contributed by atoms with Crippen LogP contribution in [-0.4, -0.2) is 24.3 Å². The van der Waals surface area contributed by atoms with Crippen molar-refractivity contribution < 1.29 is 0 Å². The standard InChI is InChI=1S/C10H14N6O/c1-7(9-14-12-6-16(9)3)13-8-10(17)15(2)5-4-11-8/h4-7H,1-3H3,(H,11,13). The highest BCUT2D eigenvalue weighted by atomic mass is 16.1. The molecule has 0 bridgehead atoms. The lowest BCUT2D eigenvalue weighted by atomic mass is 10.3. The summed E-state index contributed by atoms with van der Waals surface area (Å²) in [6, 6.07) is -0.134. The van der Waals surface area contributed by atoms with E-state index >= 15 is 0 Å². The molecule has 90 valence electrons. The van der Waals surface area contributed by atoms with E-state index in [4.69, 9.17) is 0 Å². The third-order valence-corrected chi connectivity index (χ3v) is 2.50. The van der Waals surface area contributed by atoms with Gasteiger partial charge in [0.25, 0.3) is 5.56 Å². The van der Waals surface area contributed by atoms with Gasteiger partial charge in [-0.2, -0.15) is 0 Å². The summed E-state index contributed by atoms with van der Waals surface area (Å²) in [7, 11) is 3.53. The number of aryl methyl sites for hydroxylation is 2. The second-order valence-electron chi connectivity index (χ2n) is 3.86. The van der Waals surface area contributed by atoms with Crippen LogP contribution in [0.25, 0.3) is 0 Å². The van der Waals surface area contributed by atoms with E-state index in [1.165, 1.54) is 4.57 Å². The van der Waals surface area contributed by atoms with Crippen LogP contribution < -0.4 is 10.9 Å². The molecule has 7 nitrogen and oxygen atoms in total. The third kappa shape index (κ3) is 2.17. The highest BCUT2D eigenvalue weighted by molar-refractivity contribution is 5.33. The van der Waals surface area contributed by atoms with Crippen LogP contribution in [0.5, 0.6) is 0 Å². The van der Waals surface area contributed by atoms with Crippen molar-refractivity contribution in [3.63, 3.8) is 0 Å². The molecule has 0 amide bonds. The fourth-order valence-corrected chi connectivity index (χ4v) is 1.55. The Morgan fingerprint density at radius 1 is 1.35 bits per heavy atom. The van der Waals surface area contributed by atoms with Gasteiger partial charge in [0.05, 0.1) is 6.04 Å². The molecule has 2 rings (SSSR count). The van der Waals surface area contributed by atoms with Gasteiger partial charge < -0.3 is 14.5 Å². The topological polar surface area (TPSA) is 77.6 Å². The SMILES string of the molecule is CC(Nc1nccn(C)c1=O)c1nncn1C. The summed E-state index contributed by atoms with van der Waals surface area (Å²) >= 11 is 0. The Bertz CT molecular complexity index is 572. The molecule has 2 heterocycles. The van der Waals surface area contributed by atoms with Crippen molar-refractivity contribution in [2.45, 2.75) is 13.0 Å². The van der Waals surface area contributed by atoms with Crippen molar-refractivity contribution in [3.8, 4) is 0 Å². The average molecular weight is 234 g/mol. The number of hydrogen-bond acceptors (Lipinski definition) is 5. The van der Waals surface area contributed by atoms with Gasteiger partial charge in [0.1, 0.15) is 6.33 Å². The maximum absolute atomic E-state index is 11.8. The molecule has 0 aromatic carbocycles. The lowest BCUT2D eigenvalue weighted by Crippen LogP contribution is -2.24. The molecule has 2 aromatic heterocycles. The Hall–Kier alpha value is -2.18. The van der Waals surface area contributed by atoms with Crippen molar-refractivity contribution in [2.75, 3.05) is 5.32 Å². The molecule has 0 saturated carbocycles. The highest BCUT2D eigenvalue weighted by Crippen LogP contribution is 2.11. The minimum Gasteiger partial charge on any atom is -0.356 e. The fraction of sp³-hybridized carbons (Fsp3) is 0.400. The molecule has 0 fully saturated rings. The molecular formula is C10H14N6O. The highest BCUT2D eigenvalue weighted by Gasteiger charge is 2.13. The predicted octanol–water partition coefficient (Wildman–Crippen LogP) is 0.0819. The summed E-state index contributed by atoms with van der Waals surface area (Å²) in [5.74, 6) is 1.06. The molecule has 7 heteroatoms. The van der Waals surface area contributed by atoms with E-state index in [0.717, 1.165) is 5.82 Å². The van der Waals surface area contributed by atoms with Crippen LogP contribution in [0.1, 0.15) is 18.8 Å². The van der Waals surface area contributed by atoms with E-state index in [-0.39, 0.29) is 11.6 Å². The molecule has 1 N–H and O–H groups in total. The summed E-state index contributed by atoms with van der Waals surface area (Å²) < 4.78 is 3.27. The second kappa shape index (κ2) is 4.36. The van der Waals surface area contributed by atoms with E-state index in [1.807, 2.05) is 14.0 Å². The quantitative estimate of drug-likeness (QED) is 0.813. The zero-order chi connectivity index (χ0) is 12.4. The van der Waals surface area contributed by atoms with Crippen LogP contribution in [-0.2, 0) is 14.1 Å². The molecule has 0 radical (unpaired) electrons. The van der Waals surface area contributed by atoms with E-state index in [9.17, 15) is 4.79 Å². The minimum atomic E-state index is -0.165. The maximum Gasteiger partial charge on any atom is 0.293 e. The molecular weight excluding hydrogens is 220 g/mol. The number of nitrogens with zero attached hydrogens (tertiary/aromatic N) is 5. The van der Waals surface area contributed by atoms with Crippen LogP contribution in [0.15, 0.2) is 23.5 Å². The molecule has 2 aromatic rings. The van der Waals surface area contributed by atoms with Gasteiger partial charge in [0, 0.05) is 26.5 Å². The molecule has 0 aliphatic carbocycles. The number of rotatable bonds is 3. The third-order valence-electron chi connectivity index (χ3n) is 2.50. The zero-order valence-electron chi connectivity index (χ0n) is 9.95. The fourth-order valence-electron chi connectivity index (χ4n) is 1.55. The van der Waals surface area contributed by atoms with Crippen molar-refractivity contribution in [3.05, 3.63) is 34.9 Å². The lowest BCUT2D eigenvalue weighted by molar-refractivity contribution is 0.710. The molecule has 0 spiro atoms.